The van der Waals surface area contributed by atoms with E-state index in [0.29, 0.717) is 6.42 Å². The van der Waals surface area contributed by atoms with Crippen molar-refractivity contribution in [3.8, 4) is 0 Å². The molecule has 0 aromatic heterocycles. The van der Waals surface area contributed by atoms with Crippen molar-refractivity contribution in [2.24, 2.45) is 0 Å². The van der Waals surface area contributed by atoms with Gasteiger partial charge in [0.25, 0.3) is 0 Å². The first-order chi connectivity index (χ1) is 10.2. The molecule has 22 heavy (non-hydrogen) atoms. The number of halogens is 1. The molecule has 0 radical (unpaired) electrons. The van der Waals surface area contributed by atoms with Crippen molar-refractivity contribution in [3.63, 3.8) is 0 Å². The maximum atomic E-state index is 13.3. The lowest BCUT2D eigenvalue weighted by Gasteiger charge is -2.18. The van der Waals surface area contributed by atoms with Gasteiger partial charge in [0, 0.05) is 12.3 Å². The number of aryl methyl sites for hydroxylation is 1. The Morgan fingerprint density at radius 3 is 2.86 bits per heavy atom. The SMILES string of the molecule is CC(CCS(C)(=O)=O)NC(=O)NC1CCc2ccc(F)cc21. The van der Waals surface area contributed by atoms with Gasteiger partial charge in [-0.1, -0.05) is 6.07 Å². The van der Waals surface area contributed by atoms with Crippen LogP contribution in [0.3, 0.4) is 0 Å². The van der Waals surface area contributed by atoms with E-state index >= 15 is 0 Å². The lowest BCUT2D eigenvalue weighted by atomic mass is 10.1. The van der Waals surface area contributed by atoms with E-state index in [1.807, 2.05) is 0 Å². The first-order valence-electron chi connectivity index (χ1n) is 7.27. The summed E-state index contributed by atoms with van der Waals surface area (Å²) in [6.45, 7) is 1.76. The van der Waals surface area contributed by atoms with Gasteiger partial charge in [0.05, 0.1) is 11.8 Å². The lowest BCUT2D eigenvalue weighted by molar-refractivity contribution is 0.233. The molecule has 1 aromatic carbocycles. The quantitative estimate of drug-likeness (QED) is 0.867. The smallest absolute Gasteiger partial charge is 0.315 e. The number of hydrogen-bond donors (Lipinski definition) is 2. The van der Waals surface area contributed by atoms with Crippen molar-refractivity contribution in [1.82, 2.24) is 10.6 Å². The van der Waals surface area contributed by atoms with Gasteiger partial charge in [-0.15, -0.1) is 0 Å². The van der Waals surface area contributed by atoms with Crippen LogP contribution in [0.2, 0.25) is 0 Å². The maximum absolute atomic E-state index is 13.3. The number of fused-ring (bicyclic) bond motifs is 1. The molecule has 0 spiro atoms. The van der Waals surface area contributed by atoms with Gasteiger partial charge < -0.3 is 10.6 Å². The van der Waals surface area contributed by atoms with Crippen molar-refractivity contribution >= 4 is 15.9 Å². The molecule has 1 aliphatic rings. The summed E-state index contributed by atoms with van der Waals surface area (Å²) in [5.41, 5.74) is 1.87. The van der Waals surface area contributed by atoms with Crippen molar-refractivity contribution < 1.29 is 17.6 Å². The molecule has 0 bridgehead atoms. The minimum absolute atomic E-state index is 0.0337. The van der Waals surface area contributed by atoms with E-state index < -0.39 is 9.84 Å². The van der Waals surface area contributed by atoms with Gasteiger partial charge in [0.2, 0.25) is 0 Å². The molecule has 2 amide bonds. The summed E-state index contributed by atoms with van der Waals surface area (Å²) < 4.78 is 35.5. The molecule has 0 saturated heterocycles. The van der Waals surface area contributed by atoms with Crippen LogP contribution in [0, 0.1) is 5.82 Å². The predicted octanol–water partition coefficient (Wildman–Crippen LogP) is 1.94. The average Bonchev–Trinajstić information content (AvgIpc) is 2.78. The highest BCUT2D eigenvalue weighted by Gasteiger charge is 2.24. The molecule has 5 nitrogen and oxygen atoms in total. The van der Waals surface area contributed by atoms with E-state index in [-0.39, 0.29) is 29.7 Å². The number of carbonyl (C=O) groups is 1. The second-order valence-electron chi connectivity index (χ2n) is 5.87. The van der Waals surface area contributed by atoms with Crippen LogP contribution in [-0.2, 0) is 16.3 Å². The molecule has 2 N–H and O–H groups in total. The van der Waals surface area contributed by atoms with Gasteiger partial charge >= 0.3 is 6.03 Å². The highest BCUT2D eigenvalue weighted by atomic mass is 32.2. The summed E-state index contributed by atoms with van der Waals surface area (Å²) >= 11 is 0. The van der Waals surface area contributed by atoms with E-state index in [1.54, 1.807) is 13.0 Å². The van der Waals surface area contributed by atoms with Crippen molar-refractivity contribution in [2.45, 2.75) is 38.3 Å². The number of urea groups is 1. The standard InChI is InChI=1S/C15H21FN2O3S/c1-10(7-8-22(2,20)21)17-15(19)18-14-6-4-11-3-5-12(16)9-13(11)14/h3,5,9-10,14H,4,6-8H2,1-2H3,(H2,17,18,19). The Balaban J connectivity index is 1.87. The normalized spacial score (nSPS) is 18.6. The fraction of sp³-hybridized carbons (Fsp3) is 0.533. The third-order valence-corrected chi connectivity index (χ3v) is 4.77. The van der Waals surface area contributed by atoms with Crippen LogP contribution in [0.1, 0.15) is 36.9 Å². The summed E-state index contributed by atoms with van der Waals surface area (Å²) in [7, 11) is -3.04. The van der Waals surface area contributed by atoms with E-state index in [2.05, 4.69) is 10.6 Å². The number of benzene rings is 1. The fourth-order valence-corrected chi connectivity index (χ4v) is 3.39. The lowest BCUT2D eigenvalue weighted by Crippen LogP contribution is -2.42. The van der Waals surface area contributed by atoms with Crippen LogP contribution in [0.5, 0.6) is 0 Å². The Kier molecular flexibility index (Phi) is 5.05. The molecular weight excluding hydrogens is 307 g/mol. The minimum atomic E-state index is -3.04. The first kappa shape index (κ1) is 16.7. The van der Waals surface area contributed by atoms with Gasteiger partial charge in [0.15, 0.2) is 0 Å². The molecule has 2 unspecified atom stereocenters. The molecule has 0 heterocycles. The Labute approximate surface area is 130 Å². The topological polar surface area (TPSA) is 75.3 Å². The van der Waals surface area contributed by atoms with Crippen LogP contribution < -0.4 is 10.6 Å². The molecule has 2 atom stereocenters. The van der Waals surface area contributed by atoms with Crippen molar-refractivity contribution in [1.29, 1.82) is 0 Å². The zero-order chi connectivity index (χ0) is 16.3. The Morgan fingerprint density at radius 2 is 2.18 bits per heavy atom. The van der Waals surface area contributed by atoms with Gasteiger partial charge in [-0.2, -0.15) is 0 Å². The summed E-state index contributed by atoms with van der Waals surface area (Å²) in [4.78, 5) is 12.0. The number of hydrogen-bond acceptors (Lipinski definition) is 3. The van der Waals surface area contributed by atoms with E-state index in [0.717, 1.165) is 24.0 Å². The number of carbonyl (C=O) groups excluding carboxylic acids is 1. The first-order valence-corrected chi connectivity index (χ1v) is 9.34. The summed E-state index contributed by atoms with van der Waals surface area (Å²) in [6.07, 6.45) is 3.08. The van der Waals surface area contributed by atoms with Crippen LogP contribution >= 0.6 is 0 Å². The third-order valence-electron chi connectivity index (χ3n) is 3.79. The van der Waals surface area contributed by atoms with Gasteiger partial charge in [0.1, 0.15) is 15.7 Å². The van der Waals surface area contributed by atoms with Crippen LogP contribution in [0.25, 0.3) is 0 Å². The Bertz CT molecular complexity index is 661. The highest BCUT2D eigenvalue weighted by molar-refractivity contribution is 7.90. The number of nitrogens with one attached hydrogen (secondary N) is 2. The zero-order valence-electron chi connectivity index (χ0n) is 12.7. The van der Waals surface area contributed by atoms with Gasteiger partial charge in [-0.3, -0.25) is 0 Å². The van der Waals surface area contributed by atoms with Crippen LogP contribution in [0.4, 0.5) is 9.18 Å². The van der Waals surface area contributed by atoms with E-state index in [9.17, 15) is 17.6 Å². The summed E-state index contributed by atoms with van der Waals surface area (Å²) in [5.74, 6) is -0.277. The number of sulfone groups is 1. The molecule has 122 valence electrons. The molecule has 1 aliphatic carbocycles. The largest absolute Gasteiger partial charge is 0.336 e. The summed E-state index contributed by atoms with van der Waals surface area (Å²) in [6, 6.07) is 3.83. The Hall–Kier alpha value is -1.63. The fourth-order valence-electron chi connectivity index (χ4n) is 2.61. The molecule has 0 aliphatic heterocycles. The van der Waals surface area contributed by atoms with Gasteiger partial charge in [-0.25, -0.2) is 17.6 Å². The van der Waals surface area contributed by atoms with Crippen molar-refractivity contribution in [2.75, 3.05) is 12.0 Å². The zero-order valence-corrected chi connectivity index (χ0v) is 13.5. The average molecular weight is 328 g/mol. The highest BCUT2D eigenvalue weighted by Crippen LogP contribution is 2.31. The second kappa shape index (κ2) is 6.64. The second-order valence-corrected chi connectivity index (χ2v) is 8.13. The molecule has 0 fully saturated rings. The monoisotopic (exact) mass is 328 g/mol. The molecule has 0 saturated carbocycles. The molecule has 1 aromatic rings. The van der Waals surface area contributed by atoms with E-state index in [1.165, 1.54) is 18.4 Å². The van der Waals surface area contributed by atoms with Crippen LogP contribution in [-0.4, -0.2) is 32.5 Å². The Morgan fingerprint density at radius 1 is 1.45 bits per heavy atom. The maximum Gasteiger partial charge on any atom is 0.315 e. The van der Waals surface area contributed by atoms with Crippen LogP contribution in [0.15, 0.2) is 18.2 Å². The number of amides is 2. The van der Waals surface area contributed by atoms with Gasteiger partial charge in [-0.05, 0) is 49.4 Å². The third kappa shape index (κ3) is 4.69. The van der Waals surface area contributed by atoms with Crippen molar-refractivity contribution in [3.05, 3.63) is 35.1 Å². The summed E-state index contributed by atoms with van der Waals surface area (Å²) in [5, 5.41) is 5.54. The molecule has 7 heteroatoms. The molecular formula is C15H21FN2O3S. The molecule has 2 rings (SSSR count). The predicted molar refractivity (Wildman–Crippen MR) is 82.9 cm³/mol. The van der Waals surface area contributed by atoms with E-state index in [4.69, 9.17) is 0 Å². The number of rotatable bonds is 5. The minimum Gasteiger partial charge on any atom is -0.336 e.